The maximum atomic E-state index is 12.5. The van der Waals surface area contributed by atoms with Gasteiger partial charge in [-0.2, -0.15) is 11.8 Å². The summed E-state index contributed by atoms with van der Waals surface area (Å²) in [5, 5.41) is 0.804. The third kappa shape index (κ3) is 4.02. The molecule has 0 bridgehead atoms. The fourth-order valence-electron chi connectivity index (χ4n) is 1.78. The van der Waals surface area contributed by atoms with E-state index in [0.717, 1.165) is 23.8 Å². The molecular weight excluding hydrogens is 292 g/mol. The molecule has 2 N–H and O–H groups in total. The molecule has 1 rings (SSSR count). The summed E-state index contributed by atoms with van der Waals surface area (Å²) in [7, 11) is 3.79. The fourth-order valence-corrected chi connectivity index (χ4v) is 3.44. The number of thioether (sulfide) groups is 1. The average Bonchev–Trinajstić information content (AvgIpc) is 2.79. The Morgan fingerprint density at radius 2 is 2.15 bits per heavy atom. The van der Waals surface area contributed by atoms with Crippen LogP contribution >= 0.6 is 23.1 Å². The summed E-state index contributed by atoms with van der Waals surface area (Å²) in [6.45, 7) is 5.05. The molecule has 0 fully saturated rings. The number of nitrogens with zero attached hydrogens (tertiary/aromatic N) is 3. The van der Waals surface area contributed by atoms with E-state index in [1.165, 1.54) is 11.3 Å². The highest BCUT2D eigenvalue weighted by Crippen LogP contribution is 2.29. The maximum Gasteiger partial charge on any atom is 0.267 e. The molecule has 0 spiro atoms. The number of thiazole rings is 1. The second kappa shape index (κ2) is 7.73. The van der Waals surface area contributed by atoms with Crippen molar-refractivity contribution < 1.29 is 4.79 Å². The molecule has 0 aliphatic heterocycles. The monoisotopic (exact) mass is 316 g/mol. The van der Waals surface area contributed by atoms with E-state index < -0.39 is 0 Å². The van der Waals surface area contributed by atoms with Gasteiger partial charge in [-0.25, -0.2) is 4.98 Å². The van der Waals surface area contributed by atoms with Crippen molar-refractivity contribution in [3.63, 3.8) is 0 Å². The molecule has 5 nitrogen and oxygen atoms in total. The Bertz CT molecular complexity index is 450. The summed E-state index contributed by atoms with van der Waals surface area (Å²) in [5.74, 6) is 1.20. The Balaban J connectivity index is 2.88. The van der Waals surface area contributed by atoms with Gasteiger partial charge in [-0.15, -0.1) is 0 Å². The topological polar surface area (TPSA) is 62.5 Å². The van der Waals surface area contributed by atoms with Gasteiger partial charge in [0.25, 0.3) is 5.91 Å². The van der Waals surface area contributed by atoms with E-state index in [1.54, 1.807) is 16.7 Å². The minimum atomic E-state index is -0.0438. The van der Waals surface area contributed by atoms with E-state index in [9.17, 15) is 4.79 Å². The largest absolute Gasteiger partial charge is 0.382 e. The number of carbonyl (C=O) groups is 1. The Hall–Kier alpha value is -0.950. The van der Waals surface area contributed by atoms with Crippen LogP contribution in [0.1, 0.15) is 29.9 Å². The van der Waals surface area contributed by atoms with Crippen LogP contribution in [0.3, 0.4) is 0 Å². The molecule has 0 saturated carbocycles. The number of anilines is 2. The van der Waals surface area contributed by atoms with Crippen molar-refractivity contribution in [2.75, 3.05) is 43.3 Å². The average molecular weight is 316 g/mol. The lowest BCUT2D eigenvalue weighted by Gasteiger charge is -2.23. The number of amides is 1. The Labute approximate surface area is 129 Å². The number of rotatable bonds is 7. The Morgan fingerprint density at radius 1 is 1.50 bits per heavy atom. The molecule has 0 aliphatic rings. The van der Waals surface area contributed by atoms with Crippen molar-refractivity contribution in [3.8, 4) is 0 Å². The number of hydrogen-bond acceptors (Lipinski definition) is 6. The summed E-state index contributed by atoms with van der Waals surface area (Å²) >= 11 is 3.10. The molecule has 0 saturated heterocycles. The first kappa shape index (κ1) is 17.1. The second-order valence-electron chi connectivity index (χ2n) is 4.85. The Morgan fingerprint density at radius 3 is 2.70 bits per heavy atom. The molecular formula is C13H24N4OS2. The van der Waals surface area contributed by atoms with Crippen molar-refractivity contribution in [1.29, 1.82) is 0 Å². The summed E-state index contributed by atoms with van der Waals surface area (Å²) in [4.78, 5) is 21.1. The van der Waals surface area contributed by atoms with Crippen molar-refractivity contribution in [1.82, 2.24) is 9.88 Å². The Kier molecular flexibility index (Phi) is 6.61. The normalized spacial score (nSPS) is 12.2. The molecule has 1 atom stereocenters. The zero-order chi connectivity index (χ0) is 15.3. The van der Waals surface area contributed by atoms with E-state index >= 15 is 0 Å². The minimum Gasteiger partial charge on any atom is -0.382 e. The van der Waals surface area contributed by atoms with Crippen LogP contribution in [0.4, 0.5) is 10.9 Å². The zero-order valence-corrected chi connectivity index (χ0v) is 14.5. The van der Waals surface area contributed by atoms with Crippen molar-refractivity contribution in [3.05, 3.63) is 4.88 Å². The van der Waals surface area contributed by atoms with E-state index in [0.29, 0.717) is 10.7 Å². The molecule has 0 aromatic carbocycles. The predicted molar refractivity (Wildman–Crippen MR) is 90.0 cm³/mol. The van der Waals surface area contributed by atoms with Crippen molar-refractivity contribution >= 4 is 40.0 Å². The second-order valence-corrected chi connectivity index (χ2v) is 6.74. The number of aromatic nitrogens is 1. The molecule has 1 unspecified atom stereocenters. The van der Waals surface area contributed by atoms with Crippen LogP contribution in [0.15, 0.2) is 0 Å². The quantitative estimate of drug-likeness (QED) is 0.837. The SMILES string of the molecule is CCCN(C)c1nc(N)c(C(=O)N(C)C(C)CSC)s1. The lowest BCUT2D eigenvalue weighted by Crippen LogP contribution is -2.36. The lowest BCUT2D eigenvalue weighted by atomic mass is 10.3. The van der Waals surface area contributed by atoms with Gasteiger partial charge in [0.15, 0.2) is 5.13 Å². The van der Waals surface area contributed by atoms with Crippen LogP contribution in [0.25, 0.3) is 0 Å². The van der Waals surface area contributed by atoms with Gasteiger partial charge in [-0.3, -0.25) is 4.79 Å². The van der Waals surface area contributed by atoms with Crippen LogP contribution in [0.5, 0.6) is 0 Å². The van der Waals surface area contributed by atoms with E-state index in [-0.39, 0.29) is 11.9 Å². The lowest BCUT2D eigenvalue weighted by molar-refractivity contribution is 0.0763. The van der Waals surface area contributed by atoms with Crippen LogP contribution in [-0.4, -0.2) is 54.5 Å². The molecule has 1 amide bonds. The molecule has 20 heavy (non-hydrogen) atoms. The van der Waals surface area contributed by atoms with Gasteiger partial charge in [0.1, 0.15) is 10.7 Å². The minimum absolute atomic E-state index is 0.0438. The van der Waals surface area contributed by atoms with Gasteiger partial charge in [-0.05, 0) is 19.6 Å². The van der Waals surface area contributed by atoms with Crippen LogP contribution < -0.4 is 10.6 Å². The first-order chi connectivity index (χ1) is 9.42. The first-order valence-corrected chi connectivity index (χ1v) is 8.86. The number of carbonyl (C=O) groups excluding carboxylic acids is 1. The third-order valence-corrected chi connectivity index (χ3v) is 5.10. The highest BCUT2D eigenvalue weighted by Gasteiger charge is 2.23. The van der Waals surface area contributed by atoms with E-state index in [2.05, 4.69) is 11.9 Å². The molecule has 0 radical (unpaired) electrons. The van der Waals surface area contributed by atoms with Crippen molar-refractivity contribution in [2.45, 2.75) is 26.3 Å². The maximum absolute atomic E-state index is 12.5. The highest BCUT2D eigenvalue weighted by molar-refractivity contribution is 7.98. The van der Waals surface area contributed by atoms with Gasteiger partial charge in [-0.1, -0.05) is 18.3 Å². The van der Waals surface area contributed by atoms with Crippen LogP contribution in [-0.2, 0) is 0 Å². The summed E-state index contributed by atoms with van der Waals surface area (Å²) in [6.07, 6.45) is 3.07. The van der Waals surface area contributed by atoms with Gasteiger partial charge >= 0.3 is 0 Å². The number of hydrogen-bond donors (Lipinski definition) is 1. The molecule has 0 aliphatic carbocycles. The van der Waals surface area contributed by atoms with Crippen molar-refractivity contribution in [2.24, 2.45) is 0 Å². The molecule has 1 heterocycles. The van der Waals surface area contributed by atoms with E-state index in [1.807, 2.05) is 32.2 Å². The molecule has 114 valence electrons. The number of nitrogen functional groups attached to an aromatic ring is 1. The first-order valence-electron chi connectivity index (χ1n) is 6.65. The van der Waals surface area contributed by atoms with Gasteiger partial charge in [0.05, 0.1) is 0 Å². The third-order valence-electron chi connectivity index (χ3n) is 3.11. The van der Waals surface area contributed by atoms with Gasteiger partial charge in [0, 0.05) is 32.4 Å². The molecule has 1 aromatic rings. The summed E-state index contributed by atoms with van der Waals surface area (Å²) in [5.41, 5.74) is 5.91. The summed E-state index contributed by atoms with van der Waals surface area (Å²) < 4.78 is 0. The van der Waals surface area contributed by atoms with Gasteiger partial charge < -0.3 is 15.5 Å². The highest BCUT2D eigenvalue weighted by atomic mass is 32.2. The van der Waals surface area contributed by atoms with Gasteiger partial charge in [0.2, 0.25) is 0 Å². The molecule has 7 heteroatoms. The van der Waals surface area contributed by atoms with E-state index in [4.69, 9.17) is 5.73 Å². The zero-order valence-electron chi connectivity index (χ0n) is 12.8. The smallest absolute Gasteiger partial charge is 0.267 e. The summed E-state index contributed by atoms with van der Waals surface area (Å²) in [6, 6.07) is 0.177. The number of nitrogens with two attached hydrogens (primary N) is 1. The fraction of sp³-hybridized carbons (Fsp3) is 0.692. The standard InChI is InChI=1S/C13H24N4OS2/c1-6-7-16(3)13-15-11(14)10(20-13)12(18)17(4)9(2)8-19-5/h9H,6-8,14H2,1-5H3. The van der Waals surface area contributed by atoms with Crippen LogP contribution in [0, 0.1) is 0 Å². The predicted octanol–water partition coefficient (Wildman–Crippen LogP) is 2.40. The van der Waals surface area contributed by atoms with Crippen LogP contribution in [0.2, 0.25) is 0 Å². The molecule has 1 aromatic heterocycles.